The summed E-state index contributed by atoms with van der Waals surface area (Å²) in [5.74, 6) is 2.27. The molecule has 1 saturated heterocycles. The van der Waals surface area contributed by atoms with Crippen LogP contribution in [0.15, 0.2) is 24.3 Å². The Kier molecular flexibility index (Phi) is 8.41. The van der Waals surface area contributed by atoms with E-state index >= 15 is 0 Å². The van der Waals surface area contributed by atoms with Gasteiger partial charge in [-0.3, -0.25) is 4.79 Å². The Morgan fingerprint density at radius 2 is 2.29 bits per heavy atom. The molecule has 4 unspecified atom stereocenters. The van der Waals surface area contributed by atoms with Crippen molar-refractivity contribution in [2.75, 3.05) is 0 Å². The van der Waals surface area contributed by atoms with Crippen molar-refractivity contribution in [2.24, 2.45) is 0 Å². The van der Waals surface area contributed by atoms with Gasteiger partial charge in [0.15, 0.2) is 0 Å². The van der Waals surface area contributed by atoms with Crippen LogP contribution in [-0.4, -0.2) is 29.1 Å². The molecule has 0 aromatic rings. The van der Waals surface area contributed by atoms with Crippen molar-refractivity contribution in [1.29, 1.82) is 0 Å². The number of ether oxygens (including phenoxy) is 2. The minimum atomic E-state index is -0.281. The molecule has 1 aliphatic heterocycles. The minimum Gasteiger partial charge on any atom is -0.459 e. The van der Waals surface area contributed by atoms with Gasteiger partial charge in [-0.1, -0.05) is 47.2 Å². The van der Waals surface area contributed by atoms with Crippen molar-refractivity contribution >= 4 is 21.9 Å². The average molecular weight is 355 g/mol. The van der Waals surface area contributed by atoms with Crippen molar-refractivity contribution in [3.05, 3.63) is 24.3 Å². The van der Waals surface area contributed by atoms with E-state index in [0.29, 0.717) is 12.8 Å². The summed E-state index contributed by atoms with van der Waals surface area (Å²) in [5, 5.41) is 0. The molecule has 0 spiro atoms. The van der Waals surface area contributed by atoms with E-state index in [9.17, 15) is 4.79 Å². The number of halogens is 1. The number of esters is 1. The quantitative estimate of drug-likeness (QED) is 0.302. The average Bonchev–Trinajstić information content (AvgIpc) is 2.82. The van der Waals surface area contributed by atoms with Crippen LogP contribution in [0, 0.1) is 12.3 Å². The first-order chi connectivity index (χ1) is 10.1. The Morgan fingerprint density at radius 1 is 1.52 bits per heavy atom. The van der Waals surface area contributed by atoms with Crippen molar-refractivity contribution < 1.29 is 14.3 Å². The standard InChI is InChI=1S/C17H23BrO3/c1-4-6-8-10-14(18)16-12-17(20-13(3)19)15(21-16)11-9-7-5-2/h2,6,8-9,11,14-17H,4,7,10,12H2,1,3H3. The van der Waals surface area contributed by atoms with Crippen LogP contribution in [0.25, 0.3) is 0 Å². The van der Waals surface area contributed by atoms with E-state index in [4.69, 9.17) is 15.9 Å². The largest absolute Gasteiger partial charge is 0.459 e. The van der Waals surface area contributed by atoms with Gasteiger partial charge in [-0.25, -0.2) is 0 Å². The SMILES string of the molecule is C#CCC=CC1OC(C(Br)CC=CCC)CC1OC(C)=O. The summed E-state index contributed by atoms with van der Waals surface area (Å²) in [7, 11) is 0. The van der Waals surface area contributed by atoms with Crippen LogP contribution in [0.3, 0.4) is 0 Å². The fourth-order valence-electron chi connectivity index (χ4n) is 2.25. The van der Waals surface area contributed by atoms with Crippen LogP contribution in [0.5, 0.6) is 0 Å². The lowest BCUT2D eigenvalue weighted by Gasteiger charge is -2.16. The summed E-state index contributed by atoms with van der Waals surface area (Å²) >= 11 is 3.66. The zero-order valence-electron chi connectivity index (χ0n) is 12.6. The first kappa shape index (κ1) is 18.0. The number of alkyl halides is 1. The molecule has 1 rings (SSSR count). The zero-order valence-corrected chi connectivity index (χ0v) is 14.2. The molecule has 3 nitrogen and oxygen atoms in total. The first-order valence-electron chi connectivity index (χ1n) is 7.30. The van der Waals surface area contributed by atoms with Gasteiger partial charge in [0.1, 0.15) is 12.2 Å². The summed E-state index contributed by atoms with van der Waals surface area (Å²) in [4.78, 5) is 11.4. The number of hydrogen-bond acceptors (Lipinski definition) is 3. The van der Waals surface area contributed by atoms with E-state index in [1.54, 1.807) is 0 Å². The molecule has 1 heterocycles. The summed E-state index contributed by atoms with van der Waals surface area (Å²) in [5.41, 5.74) is 0. The molecule has 0 amide bonds. The van der Waals surface area contributed by atoms with Gasteiger partial charge in [0, 0.05) is 24.6 Å². The highest BCUT2D eigenvalue weighted by Crippen LogP contribution is 2.31. The monoisotopic (exact) mass is 354 g/mol. The molecule has 1 fully saturated rings. The van der Waals surface area contributed by atoms with Gasteiger partial charge in [0.05, 0.1) is 6.10 Å². The van der Waals surface area contributed by atoms with Gasteiger partial charge >= 0.3 is 5.97 Å². The van der Waals surface area contributed by atoms with Gasteiger partial charge in [-0.15, -0.1) is 12.3 Å². The lowest BCUT2D eigenvalue weighted by atomic mass is 10.1. The Balaban J connectivity index is 2.63. The molecule has 21 heavy (non-hydrogen) atoms. The Bertz CT molecular complexity index is 422. The van der Waals surface area contributed by atoms with Crippen molar-refractivity contribution in [2.45, 2.75) is 62.7 Å². The topological polar surface area (TPSA) is 35.5 Å². The fraction of sp³-hybridized carbons (Fsp3) is 0.588. The molecule has 1 aliphatic rings. The molecule has 0 aromatic carbocycles. The molecule has 0 saturated carbocycles. The molecule has 0 aliphatic carbocycles. The van der Waals surface area contributed by atoms with Gasteiger partial charge in [-0.05, 0) is 12.8 Å². The molecule has 0 radical (unpaired) electrons. The van der Waals surface area contributed by atoms with E-state index in [1.165, 1.54) is 6.92 Å². The molecule has 4 atom stereocenters. The number of carbonyl (C=O) groups is 1. The molecule has 0 aromatic heterocycles. The summed E-state index contributed by atoms with van der Waals surface area (Å²) in [6.45, 7) is 3.53. The summed E-state index contributed by atoms with van der Waals surface area (Å²) in [6.07, 6.45) is 16.0. The minimum absolute atomic E-state index is 0.0244. The smallest absolute Gasteiger partial charge is 0.303 e. The fourth-order valence-corrected chi connectivity index (χ4v) is 2.81. The third kappa shape index (κ3) is 6.50. The van der Waals surface area contributed by atoms with E-state index in [1.807, 2.05) is 12.2 Å². The molecule has 0 bridgehead atoms. The first-order valence-corrected chi connectivity index (χ1v) is 8.21. The highest BCUT2D eigenvalue weighted by atomic mass is 79.9. The van der Waals surface area contributed by atoms with E-state index in [0.717, 1.165) is 12.8 Å². The Morgan fingerprint density at radius 3 is 2.90 bits per heavy atom. The second kappa shape index (κ2) is 9.81. The van der Waals surface area contributed by atoms with Crippen molar-refractivity contribution in [3.8, 4) is 12.3 Å². The van der Waals surface area contributed by atoms with Crippen LogP contribution in [-0.2, 0) is 14.3 Å². The second-order valence-corrected chi connectivity index (χ2v) is 6.17. The maximum atomic E-state index is 11.2. The lowest BCUT2D eigenvalue weighted by Crippen LogP contribution is -2.24. The van der Waals surface area contributed by atoms with Gasteiger partial charge in [-0.2, -0.15) is 0 Å². The van der Waals surface area contributed by atoms with Crippen LogP contribution >= 0.6 is 15.9 Å². The third-order valence-electron chi connectivity index (χ3n) is 3.21. The number of rotatable bonds is 7. The van der Waals surface area contributed by atoms with E-state index in [2.05, 4.69) is 40.9 Å². The Hall–Kier alpha value is -1.05. The van der Waals surface area contributed by atoms with Crippen LogP contribution in [0.1, 0.15) is 39.5 Å². The second-order valence-electron chi connectivity index (χ2n) is 4.99. The zero-order chi connectivity index (χ0) is 15.7. The number of carbonyl (C=O) groups excluding carboxylic acids is 1. The molecule has 116 valence electrons. The van der Waals surface area contributed by atoms with E-state index in [-0.39, 0.29) is 29.1 Å². The lowest BCUT2D eigenvalue weighted by molar-refractivity contribution is -0.147. The third-order valence-corrected chi connectivity index (χ3v) is 4.17. The van der Waals surface area contributed by atoms with Crippen LogP contribution < -0.4 is 0 Å². The molecular weight excluding hydrogens is 332 g/mol. The number of hydrogen-bond donors (Lipinski definition) is 0. The van der Waals surface area contributed by atoms with Gasteiger partial charge in [0.2, 0.25) is 0 Å². The van der Waals surface area contributed by atoms with Crippen LogP contribution in [0.2, 0.25) is 0 Å². The molecular formula is C17H23BrO3. The summed E-state index contributed by atoms with van der Waals surface area (Å²) in [6, 6.07) is 0. The molecule has 0 N–H and O–H groups in total. The van der Waals surface area contributed by atoms with Crippen molar-refractivity contribution in [1.82, 2.24) is 0 Å². The maximum absolute atomic E-state index is 11.2. The highest BCUT2D eigenvalue weighted by molar-refractivity contribution is 9.09. The highest BCUT2D eigenvalue weighted by Gasteiger charge is 2.38. The van der Waals surface area contributed by atoms with Gasteiger partial charge < -0.3 is 9.47 Å². The maximum Gasteiger partial charge on any atom is 0.303 e. The predicted molar refractivity (Wildman–Crippen MR) is 88.2 cm³/mol. The van der Waals surface area contributed by atoms with Crippen molar-refractivity contribution in [3.63, 3.8) is 0 Å². The summed E-state index contributed by atoms with van der Waals surface area (Å²) < 4.78 is 11.4. The molecule has 4 heteroatoms. The van der Waals surface area contributed by atoms with Crippen LogP contribution in [0.4, 0.5) is 0 Å². The number of allylic oxidation sites excluding steroid dienone is 3. The van der Waals surface area contributed by atoms with E-state index < -0.39 is 0 Å². The Labute approximate surface area is 135 Å². The van der Waals surface area contributed by atoms with Gasteiger partial charge in [0.25, 0.3) is 0 Å². The number of terminal acetylenes is 1. The normalized spacial score (nSPS) is 27.0. The predicted octanol–water partition coefficient (Wildman–Crippen LogP) is 3.77.